The standard InChI is InChI=1S/C13H23N3O.2ClH/c17-13(11-3-5-14-8-11)15-7-10-4-6-16(9-10)12-1-2-12;;/h10-12,14H,1-9H2,(H,15,17);2*1H. The van der Waals surface area contributed by atoms with Crippen molar-refractivity contribution in [1.82, 2.24) is 15.5 Å². The van der Waals surface area contributed by atoms with Crippen LogP contribution >= 0.6 is 24.8 Å². The molecule has 0 aromatic heterocycles. The van der Waals surface area contributed by atoms with Crippen molar-refractivity contribution in [3.8, 4) is 0 Å². The first kappa shape index (κ1) is 17.0. The molecule has 1 saturated carbocycles. The van der Waals surface area contributed by atoms with Gasteiger partial charge in [0.2, 0.25) is 5.91 Å². The lowest BCUT2D eigenvalue weighted by molar-refractivity contribution is -0.124. The summed E-state index contributed by atoms with van der Waals surface area (Å²) in [7, 11) is 0. The summed E-state index contributed by atoms with van der Waals surface area (Å²) in [4.78, 5) is 14.5. The van der Waals surface area contributed by atoms with Crippen LogP contribution in [-0.2, 0) is 4.79 Å². The number of amides is 1. The molecule has 0 aromatic carbocycles. The second-order valence-electron chi connectivity index (χ2n) is 5.82. The fourth-order valence-corrected chi connectivity index (χ4v) is 3.07. The Bertz CT molecular complexity index is 294. The Morgan fingerprint density at radius 1 is 1.21 bits per heavy atom. The van der Waals surface area contributed by atoms with Crippen LogP contribution in [0.5, 0.6) is 0 Å². The number of carbonyl (C=O) groups excluding carboxylic acids is 1. The van der Waals surface area contributed by atoms with E-state index in [1.165, 1.54) is 32.4 Å². The first-order chi connectivity index (χ1) is 8.33. The van der Waals surface area contributed by atoms with Gasteiger partial charge in [-0.15, -0.1) is 24.8 Å². The summed E-state index contributed by atoms with van der Waals surface area (Å²) in [6.07, 6.45) is 5.06. The predicted octanol–water partition coefficient (Wildman–Crippen LogP) is 1.04. The van der Waals surface area contributed by atoms with Gasteiger partial charge in [-0.1, -0.05) is 0 Å². The molecule has 2 N–H and O–H groups in total. The van der Waals surface area contributed by atoms with E-state index < -0.39 is 0 Å². The van der Waals surface area contributed by atoms with Crippen LogP contribution in [0.2, 0.25) is 0 Å². The molecule has 4 nitrogen and oxygen atoms in total. The molecule has 0 bridgehead atoms. The highest BCUT2D eigenvalue weighted by Gasteiger charge is 2.34. The molecule has 0 spiro atoms. The first-order valence-corrected chi connectivity index (χ1v) is 7.05. The Balaban J connectivity index is 0.000000902. The van der Waals surface area contributed by atoms with Crippen LogP contribution in [0.25, 0.3) is 0 Å². The lowest BCUT2D eigenvalue weighted by Gasteiger charge is -2.16. The Morgan fingerprint density at radius 3 is 2.63 bits per heavy atom. The molecule has 1 amide bonds. The van der Waals surface area contributed by atoms with Gasteiger partial charge in [0.05, 0.1) is 5.92 Å². The van der Waals surface area contributed by atoms with E-state index in [4.69, 9.17) is 0 Å². The molecule has 3 fully saturated rings. The van der Waals surface area contributed by atoms with Gasteiger partial charge in [-0.2, -0.15) is 0 Å². The first-order valence-electron chi connectivity index (χ1n) is 7.05. The second-order valence-corrected chi connectivity index (χ2v) is 5.82. The summed E-state index contributed by atoms with van der Waals surface area (Å²) in [5.41, 5.74) is 0. The maximum Gasteiger partial charge on any atom is 0.224 e. The minimum Gasteiger partial charge on any atom is -0.355 e. The van der Waals surface area contributed by atoms with Crippen molar-refractivity contribution in [2.24, 2.45) is 11.8 Å². The van der Waals surface area contributed by atoms with Crippen LogP contribution in [0.1, 0.15) is 25.7 Å². The molecule has 2 aliphatic heterocycles. The molecule has 3 aliphatic rings. The van der Waals surface area contributed by atoms with Crippen LogP contribution in [0.15, 0.2) is 0 Å². The van der Waals surface area contributed by atoms with Crippen molar-refractivity contribution < 1.29 is 4.79 Å². The van der Waals surface area contributed by atoms with Gasteiger partial charge in [-0.3, -0.25) is 4.79 Å². The minimum absolute atomic E-state index is 0. The SMILES string of the molecule is Cl.Cl.O=C(NCC1CCN(C2CC2)C1)C1CCNC1. The highest BCUT2D eigenvalue weighted by atomic mass is 35.5. The zero-order valence-corrected chi connectivity index (χ0v) is 12.9. The van der Waals surface area contributed by atoms with Crippen LogP contribution in [-0.4, -0.2) is 49.6 Å². The van der Waals surface area contributed by atoms with Crippen molar-refractivity contribution >= 4 is 30.7 Å². The molecular formula is C13H25Cl2N3O. The Kier molecular flexibility index (Phi) is 6.87. The molecule has 0 aromatic rings. The zero-order valence-electron chi connectivity index (χ0n) is 11.3. The molecule has 0 radical (unpaired) electrons. The number of carbonyl (C=O) groups is 1. The zero-order chi connectivity index (χ0) is 11.7. The number of nitrogens with zero attached hydrogens (tertiary/aromatic N) is 1. The summed E-state index contributed by atoms with van der Waals surface area (Å²) in [5.74, 6) is 1.17. The number of nitrogens with one attached hydrogen (secondary N) is 2. The molecular weight excluding hydrogens is 285 g/mol. The summed E-state index contributed by atoms with van der Waals surface area (Å²) in [6, 6.07) is 0.884. The normalized spacial score (nSPS) is 30.5. The quantitative estimate of drug-likeness (QED) is 0.815. The van der Waals surface area contributed by atoms with E-state index in [-0.39, 0.29) is 36.6 Å². The molecule has 19 heavy (non-hydrogen) atoms. The van der Waals surface area contributed by atoms with Crippen molar-refractivity contribution in [1.29, 1.82) is 0 Å². The molecule has 2 unspecified atom stereocenters. The van der Waals surface area contributed by atoms with E-state index in [2.05, 4.69) is 15.5 Å². The highest BCUT2D eigenvalue weighted by molar-refractivity contribution is 5.85. The molecule has 6 heteroatoms. The summed E-state index contributed by atoms with van der Waals surface area (Å²) < 4.78 is 0. The van der Waals surface area contributed by atoms with Crippen molar-refractivity contribution in [2.75, 3.05) is 32.7 Å². The van der Waals surface area contributed by atoms with E-state index in [0.717, 1.165) is 32.1 Å². The lowest BCUT2D eigenvalue weighted by atomic mass is 10.1. The van der Waals surface area contributed by atoms with Crippen LogP contribution < -0.4 is 10.6 Å². The number of hydrogen-bond acceptors (Lipinski definition) is 3. The van der Waals surface area contributed by atoms with Gasteiger partial charge < -0.3 is 15.5 Å². The molecule has 112 valence electrons. The van der Waals surface area contributed by atoms with Gasteiger partial charge in [0.25, 0.3) is 0 Å². The highest BCUT2D eigenvalue weighted by Crippen LogP contribution is 2.31. The van der Waals surface area contributed by atoms with Crippen molar-refractivity contribution in [3.63, 3.8) is 0 Å². The van der Waals surface area contributed by atoms with Crippen molar-refractivity contribution in [2.45, 2.75) is 31.7 Å². The third-order valence-electron chi connectivity index (χ3n) is 4.38. The third kappa shape index (κ3) is 4.48. The molecule has 2 saturated heterocycles. The number of halogens is 2. The maximum absolute atomic E-state index is 11.9. The van der Waals surface area contributed by atoms with Gasteiger partial charge >= 0.3 is 0 Å². The van der Waals surface area contributed by atoms with Gasteiger partial charge in [0.1, 0.15) is 0 Å². The molecule has 3 rings (SSSR count). The third-order valence-corrected chi connectivity index (χ3v) is 4.38. The minimum atomic E-state index is 0. The topological polar surface area (TPSA) is 44.4 Å². The second kappa shape index (κ2) is 7.67. The summed E-state index contributed by atoms with van der Waals surface area (Å²) in [6.45, 7) is 5.20. The van der Waals surface area contributed by atoms with Gasteiger partial charge in [-0.05, 0) is 44.7 Å². The average molecular weight is 310 g/mol. The Morgan fingerprint density at radius 2 is 2.00 bits per heavy atom. The fraction of sp³-hybridized carbons (Fsp3) is 0.923. The molecule has 1 aliphatic carbocycles. The van der Waals surface area contributed by atoms with Crippen LogP contribution in [0.3, 0.4) is 0 Å². The van der Waals surface area contributed by atoms with Gasteiger partial charge in [0.15, 0.2) is 0 Å². The summed E-state index contributed by atoms with van der Waals surface area (Å²) in [5, 5.41) is 6.38. The molecule has 2 atom stereocenters. The smallest absolute Gasteiger partial charge is 0.224 e. The lowest BCUT2D eigenvalue weighted by Crippen LogP contribution is -2.36. The average Bonchev–Trinajstić information content (AvgIpc) is 2.88. The van der Waals surface area contributed by atoms with E-state index in [0.29, 0.717) is 5.92 Å². The van der Waals surface area contributed by atoms with Crippen molar-refractivity contribution in [3.05, 3.63) is 0 Å². The number of rotatable bonds is 4. The van der Waals surface area contributed by atoms with E-state index in [1.54, 1.807) is 0 Å². The van der Waals surface area contributed by atoms with Crippen LogP contribution in [0, 0.1) is 11.8 Å². The van der Waals surface area contributed by atoms with Crippen LogP contribution in [0.4, 0.5) is 0 Å². The maximum atomic E-state index is 11.9. The molecule has 2 heterocycles. The largest absolute Gasteiger partial charge is 0.355 e. The fourth-order valence-electron chi connectivity index (χ4n) is 3.07. The van der Waals surface area contributed by atoms with E-state index >= 15 is 0 Å². The van der Waals surface area contributed by atoms with Gasteiger partial charge in [0, 0.05) is 25.7 Å². The van der Waals surface area contributed by atoms with Gasteiger partial charge in [-0.25, -0.2) is 0 Å². The number of hydrogen-bond donors (Lipinski definition) is 2. The predicted molar refractivity (Wildman–Crippen MR) is 81.2 cm³/mol. The van der Waals surface area contributed by atoms with E-state index in [1.807, 2.05) is 0 Å². The summed E-state index contributed by atoms with van der Waals surface area (Å²) >= 11 is 0. The Hall–Kier alpha value is -0.0300. The monoisotopic (exact) mass is 309 g/mol. The van der Waals surface area contributed by atoms with E-state index in [9.17, 15) is 4.79 Å². The Labute approximate surface area is 127 Å². The number of likely N-dealkylation sites (tertiary alicyclic amines) is 1.